The van der Waals surface area contributed by atoms with Crippen molar-refractivity contribution in [1.29, 1.82) is 0 Å². The van der Waals surface area contributed by atoms with Crippen LogP contribution in [0.3, 0.4) is 0 Å². The van der Waals surface area contributed by atoms with E-state index >= 15 is 0 Å². The molecular weight excluding hydrogens is 236 g/mol. The van der Waals surface area contributed by atoms with Crippen LogP contribution in [0.2, 0.25) is 0 Å². The Morgan fingerprint density at radius 1 is 1.33 bits per heavy atom. The van der Waals surface area contributed by atoms with E-state index in [1.165, 1.54) is 12.1 Å². The number of hydrogen-bond donors (Lipinski definition) is 1. The number of aliphatic hydroxyl groups is 1. The van der Waals surface area contributed by atoms with E-state index < -0.39 is 11.6 Å². The van der Waals surface area contributed by atoms with Gasteiger partial charge < -0.3 is 5.11 Å². The van der Waals surface area contributed by atoms with Gasteiger partial charge in [0.25, 0.3) is 0 Å². The van der Waals surface area contributed by atoms with Crippen LogP contribution in [0, 0.1) is 17.6 Å². The summed E-state index contributed by atoms with van der Waals surface area (Å²) >= 11 is 0. The molecule has 4 heteroatoms. The summed E-state index contributed by atoms with van der Waals surface area (Å²) in [7, 11) is 0. The van der Waals surface area contributed by atoms with E-state index in [1.807, 2.05) is 0 Å². The van der Waals surface area contributed by atoms with Gasteiger partial charge in [-0.25, -0.2) is 8.78 Å². The molecule has 1 aliphatic rings. The lowest BCUT2D eigenvalue weighted by atomic mass is 9.92. The van der Waals surface area contributed by atoms with Crippen LogP contribution in [0.5, 0.6) is 0 Å². The molecule has 1 aromatic carbocycles. The minimum Gasteiger partial charge on any atom is -0.393 e. The fourth-order valence-corrected chi connectivity index (χ4v) is 2.54. The predicted octanol–water partition coefficient (Wildman–Crippen LogP) is 2.56. The Hall–Kier alpha value is -1.00. The number of benzene rings is 1. The second-order valence-corrected chi connectivity index (χ2v) is 5.01. The van der Waals surface area contributed by atoms with Gasteiger partial charge in [-0.05, 0) is 36.5 Å². The number of piperidine rings is 1. The quantitative estimate of drug-likeness (QED) is 0.897. The highest BCUT2D eigenvalue weighted by molar-refractivity contribution is 5.17. The third kappa shape index (κ3) is 3.06. The summed E-state index contributed by atoms with van der Waals surface area (Å²) in [4.78, 5) is 2.19. The number of rotatable bonds is 3. The number of aliphatic hydroxyl groups excluding tert-OH is 1. The highest BCUT2D eigenvalue weighted by Crippen LogP contribution is 2.22. The lowest BCUT2D eigenvalue weighted by molar-refractivity contribution is 0.0221. The molecule has 1 aliphatic heterocycles. The lowest BCUT2D eigenvalue weighted by Crippen LogP contribution is -2.42. The maximum absolute atomic E-state index is 13.1. The van der Waals surface area contributed by atoms with Crippen LogP contribution >= 0.6 is 0 Å². The van der Waals surface area contributed by atoms with Crippen LogP contribution < -0.4 is 0 Å². The largest absolute Gasteiger partial charge is 0.393 e. The molecule has 1 aromatic rings. The van der Waals surface area contributed by atoms with Crippen molar-refractivity contribution < 1.29 is 13.9 Å². The molecule has 1 N–H and O–H groups in total. The molecule has 0 radical (unpaired) electrons. The van der Waals surface area contributed by atoms with Gasteiger partial charge in [0, 0.05) is 19.6 Å². The molecule has 0 saturated carbocycles. The molecule has 1 heterocycles. The van der Waals surface area contributed by atoms with Gasteiger partial charge in [0.2, 0.25) is 0 Å². The van der Waals surface area contributed by atoms with Gasteiger partial charge in [0.05, 0.1) is 6.10 Å². The van der Waals surface area contributed by atoms with Crippen molar-refractivity contribution >= 4 is 0 Å². The van der Waals surface area contributed by atoms with Crippen LogP contribution in [-0.4, -0.2) is 29.2 Å². The van der Waals surface area contributed by atoms with Crippen LogP contribution in [-0.2, 0) is 6.54 Å². The van der Waals surface area contributed by atoms with E-state index in [1.54, 1.807) is 6.07 Å². The molecule has 0 bridgehead atoms. The van der Waals surface area contributed by atoms with Crippen molar-refractivity contribution in [3.8, 4) is 0 Å². The third-order valence-electron chi connectivity index (χ3n) is 3.69. The van der Waals surface area contributed by atoms with E-state index in [2.05, 4.69) is 11.8 Å². The summed E-state index contributed by atoms with van der Waals surface area (Å²) < 4.78 is 25.9. The van der Waals surface area contributed by atoms with Gasteiger partial charge in [0.15, 0.2) is 11.6 Å². The highest BCUT2D eigenvalue weighted by atomic mass is 19.2. The summed E-state index contributed by atoms with van der Waals surface area (Å²) in [5, 5.41) is 9.80. The Kier molecular flexibility index (Phi) is 4.30. The summed E-state index contributed by atoms with van der Waals surface area (Å²) in [5.41, 5.74) is 0.778. The molecule has 100 valence electrons. The Balaban J connectivity index is 1.99. The molecule has 0 amide bonds. The second-order valence-electron chi connectivity index (χ2n) is 5.01. The molecule has 2 nitrogen and oxygen atoms in total. The minimum absolute atomic E-state index is 0.226. The highest BCUT2D eigenvalue weighted by Gasteiger charge is 2.26. The van der Waals surface area contributed by atoms with Crippen LogP contribution in [0.4, 0.5) is 8.78 Å². The van der Waals surface area contributed by atoms with E-state index in [4.69, 9.17) is 0 Å². The van der Waals surface area contributed by atoms with Crippen molar-refractivity contribution in [2.24, 2.45) is 5.92 Å². The monoisotopic (exact) mass is 255 g/mol. The Bertz CT molecular complexity index is 411. The summed E-state index contributed by atoms with van der Waals surface area (Å²) in [6.45, 7) is 4.29. The minimum atomic E-state index is -0.806. The number of halogens is 2. The average molecular weight is 255 g/mol. The lowest BCUT2D eigenvalue weighted by Gasteiger charge is -2.35. The SMILES string of the molecule is CCC1CN(Cc2ccc(F)c(F)c2)CCC1O. The Morgan fingerprint density at radius 3 is 2.78 bits per heavy atom. The zero-order valence-corrected chi connectivity index (χ0v) is 10.6. The van der Waals surface area contributed by atoms with Gasteiger partial charge in [-0.1, -0.05) is 13.0 Å². The first-order valence-electron chi connectivity index (χ1n) is 6.44. The maximum atomic E-state index is 13.1. The molecule has 1 fully saturated rings. The van der Waals surface area contributed by atoms with Gasteiger partial charge >= 0.3 is 0 Å². The summed E-state index contributed by atoms with van der Waals surface area (Å²) in [6, 6.07) is 4.03. The van der Waals surface area contributed by atoms with E-state index in [9.17, 15) is 13.9 Å². The van der Waals surface area contributed by atoms with Crippen LogP contribution in [0.1, 0.15) is 25.3 Å². The zero-order chi connectivity index (χ0) is 13.1. The van der Waals surface area contributed by atoms with Gasteiger partial charge in [-0.2, -0.15) is 0 Å². The van der Waals surface area contributed by atoms with E-state index in [-0.39, 0.29) is 12.0 Å². The zero-order valence-electron chi connectivity index (χ0n) is 10.6. The van der Waals surface area contributed by atoms with Crippen molar-refractivity contribution in [2.75, 3.05) is 13.1 Å². The van der Waals surface area contributed by atoms with Crippen molar-refractivity contribution in [3.05, 3.63) is 35.4 Å². The molecule has 0 spiro atoms. The van der Waals surface area contributed by atoms with Crippen LogP contribution in [0.15, 0.2) is 18.2 Å². The van der Waals surface area contributed by atoms with Crippen molar-refractivity contribution in [2.45, 2.75) is 32.4 Å². The van der Waals surface area contributed by atoms with Crippen molar-refractivity contribution in [1.82, 2.24) is 4.90 Å². The smallest absolute Gasteiger partial charge is 0.159 e. The van der Waals surface area contributed by atoms with E-state index in [0.29, 0.717) is 6.54 Å². The average Bonchev–Trinajstić information content (AvgIpc) is 2.36. The molecule has 0 aliphatic carbocycles. The maximum Gasteiger partial charge on any atom is 0.159 e. The number of nitrogens with zero attached hydrogens (tertiary/aromatic N) is 1. The molecule has 2 atom stereocenters. The first-order chi connectivity index (χ1) is 8.60. The second kappa shape index (κ2) is 5.76. The normalized spacial score (nSPS) is 25.3. The third-order valence-corrected chi connectivity index (χ3v) is 3.69. The first kappa shape index (κ1) is 13.4. The Morgan fingerprint density at radius 2 is 2.11 bits per heavy atom. The fraction of sp³-hybridized carbons (Fsp3) is 0.571. The van der Waals surface area contributed by atoms with Gasteiger partial charge in [0.1, 0.15) is 0 Å². The molecular formula is C14H19F2NO. The molecule has 2 unspecified atom stereocenters. The van der Waals surface area contributed by atoms with Gasteiger partial charge in [-0.3, -0.25) is 4.90 Å². The fourth-order valence-electron chi connectivity index (χ4n) is 2.54. The molecule has 2 rings (SSSR count). The molecule has 0 aromatic heterocycles. The Labute approximate surface area is 106 Å². The topological polar surface area (TPSA) is 23.5 Å². The van der Waals surface area contributed by atoms with Gasteiger partial charge in [-0.15, -0.1) is 0 Å². The van der Waals surface area contributed by atoms with E-state index in [0.717, 1.165) is 31.5 Å². The first-order valence-corrected chi connectivity index (χ1v) is 6.44. The summed E-state index contributed by atoms with van der Waals surface area (Å²) in [6.07, 6.45) is 1.47. The van der Waals surface area contributed by atoms with Crippen LogP contribution in [0.25, 0.3) is 0 Å². The number of likely N-dealkylation sites (tertiary alicyclic amines) is 1. The predicted molar refractivity (Wildman–Crippen MR) is 66.0 cm³/mol. The van der Waals surface area contributed by atoms with Crippen molar-refractivity contribution in [3.63, 3.8) is 0 Å². The summed E-state index contributed by atoms with van der Waals surface area (Å²) in [5.74, 6) is -1.32. The number of hydrogen-bond acceptors (Lipinski definition) is 2. The standard InChI is InChI=1S/C14H19F2NO/c1-2-11-9-17(6-5-14(11)18)8-10-3-4-12(15)13(16)7-10/h3-4,7,11,14,18H,2,5-6,8-9H2,1H3. The molecule has 1 saturated heterocycles. The molecule has 18 heavy (non-hydrogen) atoms.